The third kappa shape index (κ3) is 4.91. The maximum Gasteiger partial charge on any atom is 0.134 e. The highest BCUT2D eigenvalue weighted by molar-refractivity contribution is 5.88. The minimum Gasteiger partial charge on any atom is -0.457 e. The van der Waals surface area contributed by atoms with Crippen LogP contribution in [-0.4, -0.2) is 0 Å². The molecule has 0 aromatic heterocycles. The van der Waals surface area contributed by atoms with Gasteiger partial charge in [0.1, 0.15) is 23.0 Å². The van der Waals surface area contributed by atoms with E-state index in [1.54, 1.807) is 0 Å². The van der Waals surface area contributed by atoms with Crippen LogP contribution in [0.25, 0.3) is 0 Å². The second-order valence-electron chi connectivity index (χ2n) is 13.3. The SMILES string of the molecule is c1ccc(N(c2ccccc2)c2ccc3c(c2)Oc2cccc(N(c4ccccc4)c4ccccc4)c2C32c3ccccc3Oc3ccccc32)cc1. The minimum atomic E-state index is -0.796. The molecule has 0 aliphatic carbocycles. The first-order chi connectivity index (χ1) is 26.3. The zero-order chi connectivity index (χ0) is 35.2. The number of hydrogen-bond acceptors (Lipinski definition) is 4. The van der Waals surface area contributed by atoms with E-state index in [4.69, 9.17) is 9.47 Å². The summed E-state index contributed by atoms with van der Waals surface area (Å²) in [7, 11) is 0. The molecule has 0 amide bonds. The first-order valence-electron chi connectivity index (χ1n) is 17.9. The van der Waals surface area contributed by atoms with Crippen molar-refractivity contribution in [2.45, 2.75) is 5.41 Å². The molecule has 0 bridgehead atoms. The molecular formula is C49H34N2O2. The van der Waals surface area contributed by atoms with E-state index >= 15 is 0 Å². The van der Waals surface area contributed by atoms with Gasteiger partial charge in [-0.1, -0.05) is 121 Å². The summed E-state index contributed by atoms with van der Waals surface area (Å²) in [6.07, 6.45) is 0. The number of fused-ring (bicyclic) bond motifs is 8. The average molecular weight is 683 g/mol. The molecule has 8 aromatic rings. The number of hydrogen-bond donors (Lipinski definition) is 0. The largest absolute Gasteiger partial charge is 0.457 e. The van der Waals surface area contributed by atoms with Gasteiger partial charge in [-0.2, -0.15) is 0 Å². The van der Waals surface area contributed by atoms with Gasteiger partial charge in [0, 0.05) is 56.8 Å². The molecule has 0 saturated heterocycles. The Morgan fingerprint density at radius 3 is 1.25 bits per heavy atom. The highest BCUT2D eigenvalue weighted by Gasteiger charge is 2.52. The quantitative estimate of drug-likeness (QED) is 0.174. The highest BCUT2D eigenvalue weighted by atomic mass is 16.5. The molecule has 252 valence electrons. The summed E-state index contributed by atoms with van der Waals surface area (Å²) in [6, 6.07) is 72.1. The van der Waals surface area contributed by atoms with Crippen LogP contribution >= 0.6 is 0 Å². The fourth-order valence-corrected chi connectivity index (χ4v) is 8.20. The first-order valence-corrected chi connectivity index (χ1v) is 17.9. The fraction of sp³-hybridized carbons (Fsp3) is 0.0204. The molecule has 8 aromatic carbocycles. The van der Waals surface area contributed by atoms with Gasteiger partial charge in [-0.25, -0.2) is 0 Å². The number of nitrogens with zero attached hydrogens (tertiary/aromatic N) is 2. The zero-order valence-electron chi connectivity index (χ0n) is 28.8. The molecule has 0 radical (unpaired) electrons. The van der Waals surface area contributed by atoms with Crippen LogP contribution in [0.15, 0.2) is 206 Å². The summed E-state index contributed by atoms with van der Waals surface area (Å²) in [5.74, 6) is 3.23. The summed E-state index contributed by atoms with van der Waals surface area (Å²) in [5, 5.41) is 0. The van der Waals surface area contributed by atoms with E-state index < -0.39 is 5.41 Å². The Morgan fingerprint density at radius 2 is 0.717 bits per heavy atom. The lowest BCUT2D eigenvalue weighted by Crippen LogP contribution is -2.38. The van der Waals surface area contributed by atoms with Crippen molar-refractivity contribution in [3.05, 3.63) is 229 Å². The molecule has 53 heavy (non-hydrogen) atoms. The molecule has 0 fully saturated rings. The Morgan fingerprint density at radius 1 is 0.302 bits per heavy atom. The molecule has 0 N–H and O–H groups in total. The molecule has 2 heterocycles. The molecule has 10 rings (SSSR count). The number of para-hydroxylation sites is 6. The predicted molar refractivity (Wildman–Crippen MR) is 214 cm³/mol. The van der Waals surface area contributed by atoms with Gasteiger partial charge in [0.15, 0.2) is 0 Å². The third-order valence-electron chi connectivity index (χ3n) is 10.3. The van der Waals surface area contributed by atoms with Gasteiger partial charge < -0.3 is 19.3 Å². The van der Waals surface area contributed by atoms with Gasteiger partial charge in [-0.3, -0.25) is 0 Å². The Kier molecular flexibility index (Phi) is 7.33. The van der Waals surface area contributed by atoms with Crippen LogP contribution in [0.2, 0.25) is 0 Å². The molecule has 1 spiro atoms. The molecule has 2 aliphatic heterocycles. The van der Waals surface area contributed by atoms with Crippen LogP contribution in [0.3, 0.4) is 0 Å². The monoisotopic (exact) mass is 682 g/mol. The number of benzene rings is 8. The minimum absolute atomic E-state index is 0.793. The van der Waals surface area contributed by atoms with Crippen LogP contribution in [0, 0.1) is 0 Å². The van der Waals surface area contributed by atoms with Crippen LogP contribution < -0.4 is 19.3 Å². The second kappa shape index (κ2) is 12.6. The van der Waals surface area contributed by atoms with Crippen molar-refractivity contribution in [1.29, 1.82) is 0 Å². The number of ether oxygens (including phenoxy) is 2. The van der Waals surface area contributed by atoms with E-state index in [-0.39, 0.29) is 0 Å². The van der Waals surface area contributed by atoms with Crippen molar-refractivity contribution in [2.75, 3.05) is 9.80 Å². The van der Waals surface area contributed by atoms with Gasteiger partial charge in [0.25, 0.3) is 0 Å². The Bertz CT molecular complexity index is 2450. The highest BCUT2D eigenvalue weighted by Crippen LogP contribution is 2.64. The Balaban J connectivity index is 1.29. The van der Waals surface area contributed by atoms with Crippen molar-refractivity contribution in [2.24, 2.45) is 0 Å². The zero-order valence-corrected chi connectivity index (χ0v) is 28.8. The van der Waals surface area contributed by atoms with E-state index in [1.807, 2.05) is 0 Å². The van der Waals surface area contributed by atoms with Crippen LogP contribution in [0.1, 0.15) is 22.3 Å². The van der Waals surface area contributed by atoms with Crippen LogP contribution in [0.4, 0.5) is 34.1 Å². The standard InChI is InChI=1S/C49H34N2O2/c1-5-18-35(19-6-1)50(36-20-7-2-8-21-36)39-32-33-42-47(34-39)53-46-31-17-28-43(51(37-22-9-3-10-23-37)38-24-11-4-12-25-38)48(46)49(42)40-26-13-15-29-44(40)52-45-30-16-14-27-41(45)49/h1-34H. The van der Waals surface area contributed by atoms with E-state index in [0.29, 0.717) is 0 Å². The summed E-state index contributed by atoms with van der Waals surface area (Å²) >= 11 is 0. The summed E-state index contributed by atoms with van der Waals surface area (Å²) in [5.41, 5.74) is 9.70. The van der Waals surface area contributed by atoms with Crippen LogP contribution in [0.5, 0.6) is 23.0 Å². The smallest absolute Gasteiger partial charge is 0.134 e. The summed E-state index contributed by atoms with van der Waals surface area (Å²) < 4.78 is 13.9. The van der Waals surface area contributed by atoms with E-state index in [2.05, 4.69) is 216 Å². The average Bonchev–Trinajstić information content (AvgIpc) is 3.22. The van der Waals surface area contributed by atoms with Gasteiger partial charge in [0.05, 0.1) is 11.1 Å². The van der Waals surface area contributed by atoms with Crippen molar-refractivity contribution in [1.82, 2.24) is 0 Å². The fourth-order valence-electron chi connectivity index (χ4n) is 8.20. The molecule has 4 nitrogen and oxygen atoms in total. The normalized spacial score (nSPS) is 13.0. The summed E-state index contributed by atoms with van der Waals surface area (Å²) in [4.78, 5) is 4.62. The lowest BCUT2D eigenvalue weighted by atomic mass is 9.61. The lowest BCUT2D eigenvalue weighted by molar-refractivity contribution is 0.400. The second-order valence-corrected chi connectivity index (χ2v) is 13.3. The Labute approximate surface area is 309 Å². The maximum atomic E-state index is 7.17. The van der Waals surface area contributed by atoms with Crippen LogP contribution in [-0.2, 0) is 5.41 Å². The molecule has 4 heteroatoms. The van der Waals surface area contributed by atoms with Gasteiger partial charge >= 0.3 is 0 Å². The van der Waals surface area contributed by atoms with Gasteiger partial charge in [-0.15, -0.1) is 0 Å². The topological polar surface area (TPSA) is 24.9 Å². The maximum absolute atomic E-state index is 7.17. The van der Waals surface area contributed by atoms with E-state index in [0.717, 1.165) is 79.4 Å². The van der Waals surface area contributed by atoms with Gasteiger partial charge in [-0.05, 0) is 78.9 Å². The molecule has 0 unspecified atom stereocenters. The number of rotatable bonds is 6. The first kappa shape index (κ1) is 30.8. The molecular weight excluding hydrogens is 649 g/mol. The lowest BCUT2D eigenvalue weighted by Gasteiger charge is -2.46. The molecule has 0 saturated carbocycles. The van der Waals surface area contributed by atoms with Crippen molar-refractivity contribution >= 4 is 34.1 Å². The third-order valence-corrected chi connectivity index (χ3v) is 10.3. The van der Waals surface area contributed by atoms with Gasteiger partial charge in [0.2, 0.25) is 0 Å². The Hall–Kier alpha value is -7.04. The van der Waals surface area contributed by atoms with E-state index in [1.165, 1.54) is 0 Å². The number of anilines is 6. The molecule has 2 aliphatic rings. The van der Waals surface area contributed by atoms with Crippen molar-refractivity contribution in [3.8, 4) is 23.0 Å². The van der Waals surface area contributed by atoms with Crippen molar-refractivity contribution < 1.29 is 9.47 Å². The predicted octanol–water partition coefficient (Wildman–Crippen LogP) is 13.2. The molecule has 0 atom stereocenters. The van der Waals surface area contributed by atoms with Crippen molar-refractivity contribution in [3.63, 3.8) is 0 Å². The van der Waals surface area contributed by atoms with E-state index in [9.17, 15) is 0 Å². The summed E-state index contributed by atoms with van der Waals surface area (Å²) in [6.45, 7) is 0.